The molecule has 5 amide bonds. The van der Waals surface area contributed by atoms with Gasteiger partial charge in [-0.3, -0.25) is 43.3 Å². The van der Waals surface area contributed by atoms with E-state index in [1.165, 1.54) is 25.4 Å². The zero-order valence-electron chi connectivity index (χ0n) is 33.6. The molecule has 3 aromatic rings. The van der Waals surface area contributed by atoms with E-state index in [-0.39, 0.29) is 30.1 Å². The number of Topliss-reactive ketones (excluding diaryl/α,β-unsaturated/α-hetero) is 1. The summed E-state index contributed by atoms with van der Waals surface area (Å²) in [4.78, 5) is 120. The van der Waals surface area contributed by atoms with Crippen LogP contribution in [0, 0.1) is 12.8 Å². The monoisotopic (exact) mass is 850 g/mol. The first-order valence-corrected chi connectivity index (χ1v) is 19.8. The molecule has 0 bridgehead atoms. The van der Waals surface area contributed by atoms with Gasteiger partial charge in [0.15, 0.2) is 12.4 Å². The van der Waals surface area contributed by atoms with E-state index >= 15 is 0 Å². The zero-order valence-corrected chi connectivity index (χ0v) is 34.4. The Bertz CT molecular complexity index is 1990. The van der Waals surface area contributed by atoms with Gasteiger partial charge < -0.3 is 41.5 Å². The molecule has 18 nitrogen and oxygen atoms in total. The molecular formula is C41H50N6O12S. The standard InChI is InChI=1S/C41H50N6O12S/c1-23(2)15-28(44-38(55)32(20-37(53)54)47-39(56)30(43-25(4)48)17-27-11-8-14-42-21-27)18-35(50)45-31(16-26-9-6-5-7-10-26)40(57)46-29(19-36(51)52)33(49)22-59-41(58)34-13-12-24(3)60-34/h5-14,21,23,28-32H,15-20,22H2,1-4H3,(H,43,48)(H,44,55)(H,45,50)(H,46,57)(H,47,56)(H,51,52)(H,53,54). The van der Waals surface area contributed by atoms with E-state index in [1.807, 2.05) is 13.8 Å². The second-order valence-corrected chi connectivity index (χ2v) is 15.7. The molecule has 0 saturated carbocycles. The molecule has 5 unspecified atom stereocenters. The molecule has 19 heteroatoms. The number of carboxylic acid groups (broad SMARTS) is 2. The highest BCUT2D eigenvalue weighted by Crippen LogP contribution is 2.16. The summed E-state index contributed by atoms with van der Waals surface area (Å²) < 4.78 is 5.08. The van der Waals surface area contributed by atoms with Crippen LogP contribution >= 0.6 is 11.3 Å². The maximum atomic E-state index is 13.7. The summed E-state index contributed by atoms with van der Waals surface area (Å²) >= 11 is 1.14. The van der Waals surface area contributed by atoms with Crippen LogP contribution in [-0.4, -0.2) is 105 Å². The van der Waals surface area contributed by atoms with Crippen LogP contribution in [0.2, 0.25) is 0 Å². The Kier molecular flexibility index (Phi) is 19.0. The fourth-order valence-corrected chi connectivity index (χ4v) is 6.77. The highest BCUT2D eigenvalue weighted by atomic mass is 32.1. The number of pyridine rings is 1. The quantitative estimate of drug-likeness (QED) is 0.0631. The molecule has 0 fully saturated rings. The predicted octanol–water partition coefficient (Wildman–Crippen LogP) is 1.49. The van der Waals surface area contributed by atoms with E-state index in [1.54, 1.807) is 55.5 Å². The largest absolute Gasteiger partial charge is 0.481 e. The number of amides is 5. The summed E-state index contributed by atoms with van der Waals surface area (Å²) in [6.07, 6.45) is 1.01. The van der Waals surface area contributed by atoms with Gasteiger partial charge in [0.1, 0.15) is 29.0 Å². The van der Waals surface area contributed by atoms with Crippen molar-refractivity contribution in [3.8, 4) is 0 Å². The van der Waals surface area contributed by atoms with E-state index in [4.69, 9.17) is 4.74 Å². The maximum absolute atomic E-state index is 13.7. The molecule has 0 saturated heterocycles. The lowest BCUT2D eigenvalue weighted by Gasteiger charge is -2.26. The number of aliphatic carboxylic acids is 2. The number of esters is 1. The number of carbonyl (C=O) groups excluding carboxylic acids is 7. The molecule has 0 spiro atoms. The number of carboxylic acids is 2. The Labute approximate surface area is 350 Å². The summed E-state index contributed by atoms with van der Waals surface area (Å²) in [5, 5.41) is 31.7. The number of rotatable bonds is 24. The molecular weight excluding hydrogens is 801 g/mol. The average molecular weight is 851 g/mol. The van der Waals surface area contributed by atoms with Crippen LogP contribution in [0.1, 0.15) is 72.1 Å². The van der Waals surface area contributed by atoms with Crippen LogP contribution in [0.5, 0.6) is 0 Å². The lowest BCUT2D eigenvalue weighted by atomic mass is 9.99. The summed E-state index contributed by atoms with van der Waals surface area (Å²) in [7, 11) is 0. The predicted molar refractivity (Wildman–Crippen MR) is 216 cm³/mol. The number of nitrogens with zero attached hydrogens (tertiary/aromatic N) is 1. The first-order valence-electron chi connectivity index (χ1n) is 19.0. The molecule has 0 radical (unpaired) electrons. The smallest absolute Gasteiger partial charge is 0.348 e. The van der Waals surface area contributed by atoms with Crippen molar-refractivity contribution in [2.24, 2.45) is 5.92 Å². The zero-order chi connectivity index (χ0) is 44.4. The van der Waals surface area contributed by atoms with Crippen LogP contribution < -0.4 is 26.6 Å². The first kappa shape index (κ1) is 47.9. The molecule has 2 aromatic heterocycles. The number of aryl methyl sites for hydroxylation is 1. The Hall–Kier alpha value is -6.50. The van der Waals surface area contributed by atoms with Gasteiger partial charge in [-0.05, 0) is 48.6 Å². The van der Waals surface area contributed by atoms with Gasteiger partial charge in [0, 0.05) is 49.5 Å². The van der Waals surface area contributed by atoms with Gasteiger partial charge in [-0.15, -0.1) is 11.3 Å². The molecule has 7 N–H and O–H groups in total. The lowest BCUT2D eigenvalue weighted by Crippen LogP contribution is -2.56. The number of carbonyl (C=O) groups is 9. The summed E-state index contributed by atoms with van der Waals surface area (Å²) in [5.41, 5.74) is 1.18. The van der Waals surface area contributed by atoms with Crippen molar-refractivity contribution in [1.82, 2.24) is 31.6 Å². The van der Waals surface area contributed by atoms with Crippen LogP contribution in [-0.2, 0) is 55.9 Å². The van der Waals surface area contributed by atoms with Crippen LogP contribution in [0.4, 0.5) is 0 Å². The summed E-state index contributed by atoms with van der Waals surface area (Å²) in [5.74, 6) is -8.61. The van der Waals surface area contributed by atoms with Gasteiger partial charge in [-0.1, -0.05) is 50.2 Å². The summed E-state index contributed by atoms with van der Waals surface area (Å²) in [6, 6.07) is 8.28. The van der Waals surface area contributed by atoms with Gasteiger partial charge in [0.25, 0.3) is 0 Å². The second kappa shape index (κ2) is 23.8. The molecule has 0 aliphatic carbocycles. The molecule has 322 valence electrons. The normalized spacial score (nSPS) is 13.3. The Morgan fingerprint density at radius 3 is 1.83 bits per heavy atom. The third-order valence-corrected chi connectivity index (χ3v) is 9.69. The van der Waals surface area contributed by atoms with Gasteiger partial charge in [-0.2, -0.15) is 0 Å². The van der Waals surface area contributed by atoms with E-state index in [0.29, 0.717) is 11.1 Å². The molecule has 3 rings (SSSR count). The SMILES string of the molecule is CC(=O)NC(Cc1cccnc1)C(=O)NC(CC(=O)O)C(=O)NC(CC(=O)NC(Cc1ccccc1)C(=O)NC(CC(=O)O)C(=O)COC(=O)c1ccc(C)s1)CC(C)C. The Balaban J connectivity index is 1.78. The van der Waals surface area contributed by atoms with Crippen molar-refractivity contribution in [2.45, 2.75) is 96.4 Å². The van der Waals surface area contributed by atoms with Gasteiger partial charge in [0.05, 0.1) is 12.8 Å². The number of hydrogen-bond acceptors (Lipinski definition) is 12. The van der Waals surface area contributed by atoms with Gasteiger partial charge in [0.2, 0.25) is 29.5 Å². The Morgan fingerprint density at radius 1 is 0.683 bits per heavy atom. The molecule has 5 atom stereocenters. The van der Waals surface area contributed by atoms with Crippen molar-refractivity contribution in [2.75, 3.05) is 6.61 Å². The van der Waals surface area contributed by atoms with Crippen LogP contribution in [0.25, 0.3) is 0 Å². The molecule has 0 aliphatic rings. The van der Waals surface area contributed by atoms with Crippen molar-refractivity contribution < 1.29 is 58.1 Å². The highest BCUT2D eigenvalue weighted by Gasteiger charge is 2.32. The van der Waals surface area contributed by atoms with Gasteiger partial charge in [-0.25, -0.2) is 4.79 Å². The fourth-order valence-electron chi connectivity index (χ4n) is 6.01. The number of benzene rings is 1. The molecule has 60 heavy (non-hydrogen) atoms. The number of ketones is 1. The number of hydrogen-bond donors (Lipinski definition) is 7. The Morgan fingerprint density at radius 2 is 1.27 bits per heavy atom. The number of thiophene rings is 1. The minimum atomic E-state index is -1.63. The maximum Gasteiger partial charge on any atom is 0.348 e. The van der Waals surface area contributed by atoms with Crippen LogP contribution in [0.3, 0.4) is 0 Å². The lowest BCUT2D eigenvalue weighted by molar-refractivity contribution is -0.141. The van der Waals surface area contributed by atoms with Crippen molar-refractivity contribution in [1.29, 1.82) is 0 Å². The van der Waals surface area contributed by atoms with Gasteiger partial charge >= 0.3 is 17.9 Å². The number of nitrogens with one attached hydrogen (secondary N) is 5. The highest BCUT2D eigenvalue weighted by molar-refractivity contribution is 7.13. The number of aromatic nitrogens is 1. The fraction of sp³-hybridized carbons (Fsp3) is 0.415. The van der Waals surface area contributed by atoms with E-state index in [0.717, 1.165) is 16.2 Å². The second-order valence-electron chi connectivity index (χ2n) is 14.4. The van der Waals surface area contributed by atoms with Crippen molar-refractivity contribution in [3.05, 3.63) is 87.9 Å². The first-order chi connectivity index (χ1) is 28.4. The number of ether oxygens (including phenoxy) is 1. The molecule has 1 aromatic carbocycles. The third-order valence-electron chi connectivity index (χ3n) is 8.71. The summed E-state index contributed by atoms with van der Waals surface area (Å²) in [6.45, 7) is 5.77. The minimum Gasteiger partial charge on any atom is -0.481 e. The van der Waals surface area contributed by atoms with E-state index in [2.05, 4.69) is 31.6 Å². The minimum absolute atomic E-state index is 0.0114. The average Bonchev–Trinajstić information content (AvgIpc) is 3.61. The van der Waals surface area contributed by atoms with Crippen molar-refractivity contribution in [3.63, 3.8) is 0 Å². The molecule has 0 aliphatic heterocycles. The molecule has 2 heterocycles. The van der Waals surface area contributed by atoms with Crippen molar-refractivity contribution >= 4 is 64.6 Å². The van der Waals surface area contributed by atoms with E-state index in [9.17, 15) is 53.4 Å². The van der Waals surface area contributed by atoms with E-state index < -0.39 is 109 Å². The third kappa shape index (κ3) is 17.2. The van der Waals surface area contributed by atoms with Crippen LogP contribution in [0.15, 0.2) is 67.0 Å². The topological polar surface area (TPSA) is 276 Å².